The van der Waals surface area contributed by atoms with Gasteiger partial charge < -0.3 is 10.1 Å². The molecular formula is C16H23NO. The second-order valence-electron chi connectivity index (χ2n) is 6.09. The molecule has 1 aromatic rings. The maximum atomic E-state index is 5.57. The molecule has 1 aliphatic carbocycles. The van der Waals surface area contributed by atoms with E-state index in [4.69, 9.17) is 4.74 Å². The van der Waals surface area contributed by atoms with Crippen molar-refractivity contribution in [3.8, 4) is 0 Å². The van der Waals surface area contributed by atoms with Crippen molar-refractivity contribution in [1.82, 2.24) is 5.32 Å². The fraction of sp³-hybridized carbons (Fsp3) is 0.625. The minimum Gasteiger partial charge on any atom is -0.380 e. The molecule has 3 rings (SSSR count). The van der Waals surface area contributed by atoms with E-state index in [9.17, 15) is 0 Å². The summed E-state index contributed by atoms with van der Waals surface area (Å²) >= 11 is 0. The highest BCUT2D eigenvalue weighted by Gasteiger charge is 2.27. The van der Waals surface area contributed by atoms with Gasteiger partial charge in [0.05, 0.1) is 6.61 Å². The molecule has 0 bridgehead atoms. The van der Waals surface area contributed by atoms with Crippen molar-refractivity contribution >= 4 is 0 Å². The van der Waals surface area contributed by atoms with Crippen LogP contribution >= 0.6 is 0 Å². The highest BCUT2D eigenvalue weighted by Crippen LogP contribution is 2.39. The maximum Gasteiger partial charge on any atom is 0.0645 e. The third-order valence-corrected chi connectivity index (χ3v) is 4.19. The second-order valence-corrected chi connectivity index (χ2v) is 6.09. The third kappa shape index (κ3) is 2.93. The first kappa shape index (κ1) is 12.2. The molecule has 2 nitrogen and oxygen atoms in total. The standard InChI is InChI=1S/C16H23NO/c1-16(9-2-10-18-12-16)17-11-13-3-5-14(6-4-13)15-7-8-15/h3-6,15,17H,2,7-12H2,1H3. The molecule has 0 spiro atoms. The number of benzene rings is 1. The number of nitrogens with one attached hydrogen (secondary N) is 1. The molecular weight excluding hydrogens is 222 g/mol. The van der Waals surface area contributed by atoms with E-state index in [2.05, 4.69) is 36.5 Å². The van der Waals surface area contributed by atoms with Crippen molar-refractivity contribution in [2.24, 2.45) is 0 Å². The molecule has 1 N–H and O–H groups in total. The molecule has 1 unspecified atom stereocenters. The summed E-state index contributed by atoms with van der Waals surface area (Å²) in [6, 6.07) is 9.14. The maximum absolute atomic E-state index is 5.57. The molecule has 2 fully saturated rings. The molecule has 2 heteroatoms. The van der Waals surface area contributed by atoms with E-state index in [1.165, 1.54) is 36.8 Å². The Morgan fingerprint density at radius 3 is 2.67 bits per heavy atom. The lowest BCUT2D eigenvalue weighted by molar-refractivity contribution is 0.0278. The molecule has 0 amide bonds. The Morgan fingerprint density at radius 2 is 2.06 bits per heavy atom. The molecule has 2 aliphatic rings. The Kier molecular flexibility index (Phi) is 3.40. The van der Waals surface area contributed by atoms with Crippen LogP contribution in [0.2, 0.25) is 0 Å². The summed E-state index contributed by atoms with van der Waals surface area (Å²) < 4.78 is 5.57. The zero-order valence-corrected chi connectivity index (χ0v) is 11.2. The summed E-state index contributed by atoms with van der Waals surface area (Å²) in [6.07, 6.45) is 5.15. The van der Waals surface area contributed by atoms with Gasteiger partial charge in [0, 0.05) is 18.7 Å². The van der Waals surface area contributed by atoms with Crippen LogP contribution in [0.3, 0.4) is 0 Å². The van der Waals surface area contributed by atoms with E-state index in [0.29, 0.717) is 0 Å². The number of rotatable bonds is 4. The Hall–Kier alpha value is -0.860. The van der Waals surface area contributed by atoms with E-state index in [1.54, 1.807) is 0 Å². The number of hydrogen-bond acceptors (Lipinski definition) is 2. The van der Waals surface area contributed by atoms with Gasteiger partial charge in [-0.1, -0.05) is 24.3 Å². The van der Waals surface area contributed by atoms with Crippen molar-refractivity contribution in [3.05, 3.63) is 35.4 Å². The lowest BCUT2D eigenvalue weighted by Crippen LogP contribution is -2.48. The van der Waals surface area contributed by atoms with Crippen LogP contribution in [0.1, 0.15) is 49.7 Å². The van der Waals surface area contributed by atoms with Gasteiger partial charge >= 0.3 is 0 Å². The van der Waals surface area contributed by atoms with Gasteiger partial charge in [-0.05, 0) is 49.7 Å². The normalized spacial score (nSPS) is 28.3. The highest BCUT2D eigenvalue weighted by atomic mass is 16.5. The third-order valence-electron chi connectivity index (χ3n) is 4.19. The summed E-state index contributed by atoms with van der Waals surface area (Å²) in [5, 5.41) is 3.65. The Bertz CT molecular complexity index is 388. The molecule has 1 aromatic carbocycles. The summed E-state index contributed by atoms with van der Waals surface area (Å²) in [5.74, 6) is 0.858. The first-order valence-corrected chi connectivity index (χ1v) is 7.17. The topological polar surface area (TPSA) is 21.3 Å². The minimum absolute atomic E-state index is 0.160. The highest BCUT2D eigenvalue weighted by molar-refractivity contribution is 5.28. The predicted molar refractivity (Wildman–Crippen MR) is 73.7 cm³/mol. The van der Waals surface area contributed by atoms with Crippen LogP contribution in [0.25, 0.3) is 0 Å². The first-order valence-electron chi connectivity index (χ1n) is 7.17. The van der Waals surface area contributed by atoms with Crippen molar-refractivity contribution in [3.63, 3.8) is 0 Å². The summed E-state index contributed by atoms with van der Waals surface area (Å²) in [6.45, 7) is 4.98. The van der Waals surface area contributed by atoms with Gasteiger partial charge in [-0.2, -0.15) is 0 Å². The smallest absolute Gasteiger partial charge is 0.0645 e. The SMILES string of the molecule is CC1(NCc2ccc(C3CC3)cc2)CCCOC1. The molecule has 1 aliphatic heterocycles. The molecule has 0 radical (unpaired) electrons. The average molecular weight is 245 g/mol. The van der Waals surface area contributed by atoms with Gasteiger partial charge in [-0.25, -0.2) is 0 Å². The number of ether oxygens (including phenoxy) is 1. The zero-order valence-electron chi connectivity index (χ0n) is 11.2. The fourth-order valence-electron chi connectivity index (χ4n) is 2.71. The van der Waals surface area contributed by atoms with Gasteiger partial charge in [0.1, 0.15) is 0 Å². The van der Waals surface area contributed by atoms with Crippen molar-refractivity contribution in [2.75, 3.05) is 13.2 Å². The molecule has 1 atom stereocenters. The Morgan fingerprint density at radius 1 is 1.28 bits per heavy atom. The molecule has 18 heavy (non-hydrogen) atoms. The van der Waals surface area contributed by atoms with Gasteiger partial charge in [0.25, 0.3) is 0 Å². The van der Waals surface area contributed by atoms with E-state index in [0.717, 1.165) is 25.7 Å². The second kappa shape index (κ2) is 5.02. The van der Waals surface area contributed by atoms with Crippen LogP contribution in [-0.4, -0.2) is 18.8 Å². The number of hydrogen-bond donors (Lipinski definition) is 1. The van der Waals surface area contributed by atoms with Crippen molar-refractivity contribution in [2.45, 2.75) is 50.6 Å². The van der Waals surface area contributed by atoms with Gasteiger partial charge in [-0.15, -0.1) is 0 Å². The Balaban J connectivity index is 1.55. The van der Waals surface area contributed by atoms with Gasteiger partial charge in [0.15, 0.2) is 0 Å². The zero-order chi connectivity index (χ0) is 12.4. The lowest BCUT2D eigenvalue weighted by Gasteiger charge is -2.34. The molecule has 1 saturated heterocycles. The summed E-state index contributed by atoms with van der Waals surface area (Å²) in [5.41, 5.74) is 3.06. The van der Waals surface area contributed by atoms with E-state index in [1.807, 2.05) is 0 Å². The van der Waals surface area contributed by atoms with Crippen molar-refractivity contribution < 1.29 is 4.74 Å². The summed E-state index contributed by atoms with van der Waals surface area (Å²) in [4.78, 5) is 0. The van der Waals surface area contributed by atoms with Crippen LogP contribution in [0.4, 0.5) is 0 Å². The van der Waals surface area contributed by atoms with Gasteiger partial charge in [-0.3, -0.25) is 0 Å². The molecule has 98 valence electrons. The quantitative estimate of drug-likeness (QED) is 0.879. The molecule has 1 heterocycles. The van der Waals surface area contributed by atoms with Crippen LogP contribution in [0, 0.1) is 0 Å². The van der Waals surface area contributed by atoms with Crippen LogP contribution in [0.5, 0.6) is 0 Å². The monoisotopic (exact) mass is 245 g/mol. The fourth-order valence-corrected chi connectivity index (χ4v) is 2.71. The lowest BCUT2D eigenvalue weighted by atomic mass is 9.94. The van der Waals surface area contributed by atoms with Crippen molar-refractivity contribution in [1.29, 1.82) is 0 Å². The van der Waals surface area contributed by atoms with Crippen LogP contribution < -0.4 is 5.32 Å². The predicted octanol–water partition coefficient (Wildman–Crippen LogP) is 3.22. The Labute approximate surface area is 110 Å². The van der Waals surface area contributed by atoms with E-state index < -0.39 is 0 Å². The van der Waals surface area contributed by atoms with Gasteiger partial charge in [0.2, 0.25) is 0 Å². The average Bonchev–Trinajstić information content (AvgIpc) is 3.22. The largest absolute Gasteiger partial charge is 0.380 e. The van der Waals surface area contributed by atoms with E-state index in [-0.39, 0.29) is 5.54 Å². The first-order chi connectivity index (χ1) is 8.75. The van der Waals surface area contributed by atoms with Crippen LogP contribution in [0.15, 0.2) is 24.3 Å². The van der Waals surface area contributed by atoms with E-state index >= 15 is 0 Å². The van der Waals surface area contributed by atoms with Crippen LogP contribution in [-0.2, 0) is 11.3 Å². The minimum atomic E-state index is 0.160. The summed E-state index contributed by atoms with van der Waals surface area (Å²) in [7, 11) is 0. The molecule has 0 aromatic heterocycles. The molecule has 1 saturated carbocycles.